The SMILES string of the molecule is CN(C)c1cc(C(=O)C(C)(N)O)c(O)c2c1CC1CC3CC(=O)C(C(N)=O)=C(O)C3C(=O)C1=C2O. The van der Waals surface area contributed by atoms with Gasteiger partial charge in [0, 0.05) is 31.8 Å². The topological polar surface area (TPSA) is 204 Å². The summed E-state index contributed by atoms with van der Waals surface area (Å²) in [4.78, 5) is 52.0. The Hall–Kier alpha value is -3.70. The molecule has 0 aliphatic heterocycles. The summed E-state index contributed by atoms with van der Waals surface area (Å²) in [6.45, 7) is 1.05. The van der Waals surface area contributed by atoms with E-state index in [1.54, 1.807) is 19.0 Å². The Bertz CT molecular complexity index is 1270. The Morgan fingerprint density at radius 1 is 1.14 bits per heavy atom. The van der Waals surface area contributed by atoms with Crippen molar-refractivity contribution in [2.45, 2.75) is 31.9 Å². The van der Waals surface area contributed by atoms with Crippen molar-refractivity contribution in [2.75, 3.05) is 19.0 Å². The number of aromatic hydroxyl groups is 1. The average Bonchev–Trinajstić information content (AvgIpc) is 2.71. The first kappa shape index (κ1) is 24.4. The summed E-state index contributed by atoms with van der Waals surface area (Å²) in [6, 6.07) is 1.36. The number of allylic oxidation sites excluding steroid dienone is 2. The zero-order valence-electron chi connectivity index (χ0n) is 19.5. The highest BCUT2D eigenvalue weighted by molar-refractivity contribution is 6.21. The van der Waals surface area contributed by atoms with Gasteiger partial charge in [-0.05, 0) is 43.2 Å². The van der Waals surface area contributed by atoms with Crippen molar-refractivity contribution in [1.29, 1.82) is 0 Å². The minimum Gasteiger partial charge on any atom is -0.511 e. The van der Waals surface area contributed by atoms with E-state index in [2.05, 4.69) is 0 Å². The molecule has 1 fully saturated rings. The number of phenolic OH excluding ortho intramolecular Hbond substituents is 1. The Balaban J connectivity index is 1.95. The lowest BCUT2D eigenvalue weighted by Gasteiger charge is -2.41. The number of amides is 1. The standard InChI is InChI=1S/C24H27N3O8/c1-24(26,35)22(33)11-7-12(27(2)3)10-5-8-4-9-6-13(28)17(23(25)34)21(32)15(9)19(30)14(8)20(31)16(10)18(11)29/h7-9,15,29,31-32,35H,4-6,26H2,1-3H3,(H2,25,34). The Morgan fingerprint density at radius 3 is 2.31 bits per heavy atom. The number of hydrogen-bond donors (Lipinski definition) is 6. The number of rotatable bonds is 4. The molecule has 11 heteroatoms. The smallest absolute Gasteiger partial charge is 0.255 e. The first-order valence-corrected chi connectivity index (χ1v) is 11.0. The van der Waals surface area contributed by atoms with Gasteiger partial charge < -0.3 is 31.1 Å². The molecule has 1 saturated carbocycles. The number of anilines is 1. The highest BCUT2D eigenvalue weighted by Crippen LogP contribution is 2.52. The van der Waals surface area contributed by atoms with Crippen LogP contribution in [0, 0.1) is 17.8 Å². The molecule has 3 aliphatic carbocycles. The van der Waals surface area contributed by atoms with Crippen molar-refractivity contribution >= 4 is 34.7 Å². The molecule has 186 valence electrons. The number of Topliss-reactive ketones (excluding diaryl/α,β-unsaturated/α-hetero) is 3. The number of ketones is 3. The van der Waals surface area contributed by atoms with E-state index in [-0.39, 0.29) is 36.0 Å². The third-order valence-electron chi connectivity index (χ3n) is 7.05. The van der Waals surface area contributed by atoms with Gasteiger partial charge in [-0.2, -0.15) is 0 Å². The zero-order chi connectivity index (χ0) is 26.1. The Kier molecular flexibility index (Phi) is 5.53. The van der Waals surface area contributed by atoms with Gasteiger partial charge in [0.25, 0.3) is 5.91 Å². The second kappa shape index (κ2) is 7.92. The van der Waals surface area contributed by atoms with Gasteiger partial charge in [-0.3, -0.25) is 24.9 Å². The average molecular weight is 485 g/mol. The second-order valence-corrected chi connectivity index (χ2v) is 9.77. The first-order chi connectivity index (χ1) is 16.2. The molecule has 4 atom stereocenters. The van der Waals surface area contributed by atoms with Gasteiger partial charge in [-0.15, -0.1) is 0 Å². The van der Waals surface area contributed by atoms with E-state index in [0.717, 1.165) is 6.92 Å². The quantitative estimate of drug-likeness (QED) is 0.194. The van der Waals surface area contributed by atoms with Crippen LogP contribution in [-0.2, 0) is 20.8 Å². The summed E-state index contributed by atoms with van der Waals surface area (Å²) in [5, 5.41) is 42.9. The largest absolute Gasteiger partial charge is 0.511 e. The Labute approximate surface area is 200 Å². The molecule has 35 heavy (non-hydrogen) atoms. The molecule has 1 aromatic rings. The van der Waals surface area contributed by atoms with E-state index in [1.165, 1.54) is 6.07 Å². The minimum atomic E-state index is -2.31. The van der Waals surface area contributed by atoms with Crippen LogP contribution in [0.4, 0.5) is 5.69 Å². The molecule has 0 spiro atoms. The van der Waals surface area contributed by atoms with Crippen LogP contribution in [0.1, 0.15) is 41.3 Å². The van der Waals surface area contributed by atoms with E-state index >= 15 is 0 Å². The number of benzene rings is 1. The number of carbonyl (C=O) groups is 4. The number of nitrogens with zero attached hydrogens (tertiary/aromatic N) is 1. The van der Waals surface area contributed by atoms with E-state index in [9.17, 15) is 39.6 Å². The van der Waals surface area contributed by atoms with Gasteiger partial charge in [-0.25, -0.2) is 0 Å². The van der Waals surface area contributed by atoms with Crippen molar-refractivity contribution in [3.63, 3.8) is 0 Å². The van der Waals surface area contributed by atoms with Crippen LogP contribution < -0.4 is 16.4 Å². The number of phenols is 1. The van der Waals surface area contributed by atoms with Crippen LogP contribution in [0.3, 0.4) is 0 Å². The molecular formula is C24H27N3O8. The van der Waals surface area contributed by atoms with Crippen LogP contribution >= 0.6 is 0 Å². The van der Waals surface area contributed by atoms with Crippen LogP contribution in [0.5, 0.6) is 5.75 Å². The lowest BCUT2D eigenvalue weighted by Crippen LogP contribution is -2.45. The van der Waals surface area contributed by atoms with Crippen molar-refractivity contribution in [1.82, 2.24) is 0 Å². The predicted octanol–water partition coefficient (Wildman–Crippen LogP) is 0.225. The van der Waals surface area contributed by atoms with Gasteiger partial charge in [0.2, 0.25) is 5.78 Å². The highest BCUT2D eigenvalue weighted by atomic mass is 16.3. The first-order valence-electron chi connectivity index (χ1n) is 11.0. The number of aliphatic hydroxyl groups is 3. The van der Waals surface area contributed by atoms with E-state index < -0.39 is 69.6 Å². The maximum absolute atomic E-state index is 13.5. The number of primary amides is 1. The molecular weight excluding hydrogens is 458 g/mol. The molecule has 1 aromatic carbocycles. The van der Waals surface area contributed by atoms with Crippen molar-refractivity contribution < 1.29 is 39.6 Å². The van der Waals surface area contributed by atoms with E-state index in [0.29, 0.717) is 11.3 Å². The maximum Gasteiger partial charge on any atom is 0.255 e. The van der Waals surface area contributed by atoms with Crippen molar-refractivity contribution in [3.8, 4) is 5.75 Å². The molecule has 0 bridgehead atoms. The number of carbonyl (C=O) groups excluding carboxylic acids is 4. The van der Waals surface area contributed by atoms with Crippen molar-refractivity contribution in [3.05, 3.63) is 39.7 Å². The third-order valence-corrected chi connectivity index (χ3v) is 7.05. The van der Waals surface area contributed by atoms with Crippen LogP contribution in [0.2, 0.25) is 0 Å². The Morgan fingerprint density at radius 2 is 1.77 bits per heavy atom. The number of nitrogens with two attached hydrogens (primary N) is 2. The predicted molar refractivity (Wildman–Crippen MR) is 123 cm³/mol. The third kappa shape index (κ3) is 3.58. The highest BCUT2D eigenvalue weighted by Gasteiger charge is 2.51. The van der Waals surface area contributed by atoms with Gasteiger partial charge in [0.15, 0.2) is 17.3 Å². The molecule has 3 aliphatic rings. The summed E-state index contributed by atoms with van der Waals surface area (Å²) in [6.07, 6.45) is 0.295. The van der Waals surface area contributed by atoms with Crippen LogP contribution in [0.15, 0.2) is 23.0 Å². The molecule has 11 nitrogen and oxygen atoms in total. The summed E-state index contributed by atoms with van der Waals surface area (Å²) in [5.41, 5.74) is 8.21. The fourth-order valence-corrected chi connectivity index (χ4v) is 5.53. The number of hydrogen-bond acceptors (Lipinski definition) is 10. The van der Waals surface area contributed by atoms with Crippen molar-refractivity contribution in [2.24, 2.45) is 29.2 Å². The molecule has 4 rings (SSSR count). The molecule has 8 N–H and O–H groups in total. The maximum atomic E-state index is 13.5. The summed E-state index contributed by atoms with van der Waals surface area (Å²) >= 11 is 0. The van der Waals surface area contributed by atoms with Gasteiger partial charge in [-0.1, -0.05) is 0 Å². The van der Waals surface area contributed by atoms with Crippen LogP contribution in [-0.4, -0.2) is 63.5 Å². The summed E-state index contributed by atoms with van der Waals surface area (Å²) in [5.74, 6) is -7.76. The molecule has 0 heterocycles. The van der Waals surface area contributed by atoms with Gasteiger partial charge >= 0.3 is 0 Å². The summed E-state index contributed by atoms with van der Waals surface area (Å²) in [7, 11) is 3.38. The monoisotopic (exact) mass is 485 g/mol. The number of fused-ring (bicyclic) bond motifs is 3. The number of aliphatic hydroxyl groups excluding tert-OH is 2. The molecule has 0 aromatic heterocycles. The fraction of sp³-hybridized carbons (Fsp3) is 0.417. The summed E-state index contributed by atoms with van der Waals surface area (Å²) < 4.78 is 0. The zero-order valence-corrected chi connectivity index (χ0v) is 19.5. The fourth-order valence-electron chi connectivity index (χ4n) is 5.53. The van der Waals surface area contributed by atoms with E-state index in [4.69, 9.17) is 11.5 Å². The molecule has 0 saturated heterocycles. The molecule has 4 unspecified atom stereocenters. The van der Waals surface area contributed by atoms with Crippen LogP contribution in [0.25, 0.3) is 5.76 Å². The molecule has 1 amide bonds. The lowest BCUT2D eigenvalue weighted by molar-refractivity contribution is -0.127. The lowest BCUT2D eigenvalue weighted by atomic mass is 9.61. The molecule has 0 radical (unpaired) electrons. The van der Waals surface area contributed by atoms with Gasteiger partial charge in [0.05, 0.1) is 17.0 Å². The minimum absolute atomic E-state index is 0.0763. The van der Waals surface area contributed by atoms with Gasteiger partial charge in [0.1, 0.15) is 22.8 Å². The normalized spacial score (nSPS) is 25.5. The second-order valence-electron chi connectivity index (χ2n) is 9.77. The van der Waals surface area contributed by atoms with E-state index in [1.807, 2.05) is 0 Å².